The SMILES string of the molecule is Cc1cc(C(=O)N(C)c2ccccc2C(=O)O)ccc1F. The molecule has 0 spiro atoms. The molecule has 108 valence electrons. The Morgan fingerprint density at radius 1 is 1.14 bits per heavy atom. The lowest BCUT2D eigenvalue weighted by Gasteiger charge is -2.19. The summed E-state index contributed by atoms with van der Waals surface area (Å²) in [5.41, 5.74) is 0.988. The van der Waals surface area contributed by atoms with Crippen molar-refractivity contribution in [3.05, 3.63) is 65.0 Å². The zero-order chi connectivity index (χ0) is 15.6. The summed E-state index contributed by atoms with van der Waals surface area (Å²) in [6.45, 7) is 1.57. The predicted octanol–water partition coefficient (Wildman–Crippen LogP) is 3.11. The van der Waals surface area contributed by atoms with Crippen molar-refractivity contribution in [1.82, 2.24) is 0 Å². The van der Waals surface area contributed by atoms with Crippen LogP contribution in [0.1, 0.15) is 26.3 Å². The van der Waals surface area contributed by atoms with Gasteiger partial charge < -0.3 is 10.0 Å². The molecule has 0 bridgehead atoms. The van der Waals surface area contributed by atoms with Gasteiger partial charge in [0, 0.05) is 12.6 Å². The van der Waals surface area contributed by atoms with Gasteiger partial charge in [0.25, 0.3) is 5.91 Å². The van der Waals surface area contributed by atoms with Gasteiger partial charge in [-0.05, 0) is 42.8 Å². The maximum absolute atomic E-state index is 13.3. The highest BCUT2D eigenvalue weighted by molar-refractivity contribution is 6.09. The highest BCUT2D eigenvalue weighted by atomic mass is 19.1. The van der Waals surface area contributed by atoms with Crippen molar-refractivity contribution in [1.29, 1.82) is 0 Å². The molecule has 21 heavy (non-hydrogen) atoms. The number of nitrogens with zero attached hydrogens (tertiary/aromatic N) is 1. The third-order valence-corrected chi connectivity index (χ3v) is 3.21. The summed E-state index contributed by atoms with van der Waals surface area (Å²) < 4.78 is 13.3. The topological polar surface area (TPSA) is 57.6 Å². The average molecular weight is 287 g/mol. The summed E-state index contributed by atoms with van der Waals surface area (Å²) in [5.74, 6) is -1.90. The van der Waals surface area contributed by atoms with Crippen molar-refractivity contribution >= 4 is 17.6 Å². The lowest BCUT2D eigenvalue weighted by molar-refractivity contribution is 0.0697. The molecule has 0 saturated carbocycles. The Morgan fingerprint density at radius 3 is 2.43 bits per heavy atom. The minimum Gasteiger partial charge on any atom is -0.478 e. The van der Waals surface area contributed by atoms with Gasteiger partial charge in [0.2, 0.25) is 0 Å². The second-order valence-electron chi connectivity index (χ2n) is 4.65. The maximum atomic E-state index is 13.3. The summed E-state index contributed by atoms with van der Waals surface area (Å²) in [6.07, 6.45) is 0. The number of benzene rings is 2. The first kappa shape index (κ1) is 14.7. The standard InChI is InChI=1S/C16H14FNO3/c1-10-9-11(7-8-13(10)17)15(19)18(2)14-6-4-3-5-12(14)16(20)21/h3-9H,1-2H3,(H,20,21). The van der Waals surface area contributed by atoms with Gasteiger partial charge in [-0.3, -0.25) is 4.79 Å². The number of para-hydroxylation sites is 1. The molecule has 0 radical (unpaired) electrons. The van der Waals surface area contributed by atoms with Crippen LogP contribution in [0.4, 0.5) is 10.1 Å². The van der Waals surface area contributed by atoms with Crippen LogP contribution in [0.3, 0.4) is 0 Å². The number of carboxylic acid groups (broad SMARTS) is 1. The first-order valence-electron chi connectivity index (χ1n) is 6.28. The van der Waals surface area contributed by atoms with Crippen LogP contribution in [-0.2, 0) is 0 Å². The Labute approximate surface area is 121 Å². The van der Waals surface area contributed by atoms with Crippen molar-refractivity contribution in [2.24, 2.45) is 0 Å². The molecule has 2 rings (SSSR count). The normalized spacial score (nSPS) is 10.2. The van der Waals surface area contributed by atoms with Crippen molar-refractivity contribution in [2.75, 3.05) is 11.9 Å². The smallest absolute Gasteiger partial charge is 0.337 e. The molecule has 0 atom stereocenters. The van der Waals surface area contributed by atoms with Gasteiger partial charge in [0.05, 0.1) is 11.3 Å². The van der Waals surface area contributed by atoms with E-state index in [0.29, 0.717) is 11.1 Å². The first-order valence-corrected chi connectivity index (χ1v) is 6.28. The molecule has 2 aromatic carbocycles. The summed E-state index contributed by atoms with van der Waals surface area (Å²) in [7, 11) is 1.49. The van der Waals surface area contributed by atoms with E-state index >= 15 is 0 Å². The Kier molecular flexibility index (Phi) is 4.03. The van der Waals surface area contributed by atoms with Crippen molar-refractivity contribution < 1.29 is 19.1 Å². The van der Waals surface area contributed by atoms with E-state index < -0.39 is 11.9 Å². The van der Waals surface area contributed by atoms with Crippen LogP contribution in [0, 0.1) is 12.7 Å². The number of carbonyl (C=O) groups excluding carboxylic acids is 1. The number of hydrogen-bond acceptors (Lipinski definition) is 2. The molecular formula is C16H14FNO3. The summed E-state index contributed by atoms with van der Waals surface area (Å²) in [5, 5.41) is 9.16. The van der Waals surface area contributed by atoms with E-state index in [0.717, 1.165) is 0 Å². The lowest BCUT2D eigenvalue weighted by Crippen LogP contribution is -2.28. The van der Waals surface area contributed by atoms with Crippen LogP contribution in [0.25, 0.3) is 0 Å². The van der Waals surface area contributed by atoms with E-state index in [-0.39, 0.29) is 17.1 Å². The fourth-order valence-corrected chi connectivity index (χ4v) is 2.03. The second-order valence-corrected chi connectivity index (χ2v) is 4.65. The first-order chi connectivity index (χ1) is 9.91. The minimum atomic E-state index is -1.11. The molecule has 0 unspecified atom stereocenters. The molecule has 0 aliphatic carbocycles. The molecule has 0 aliphatic rings. The fourth-order valence-electron chi connectivity index (χ4n) is 2.03. The zero-order valence-electron chi connectivity index (χ0n) is 11.6. The third-order valence-electron chi connectivity index (χ3n) is 3.21. The second kappa shape index (κ2) is 5.75. The van der Waals surface area contributed by atoms with Gasteiger partial charge in [0.1, 0.15) is 5.82 Å². The molecule has 0 heterocycles. The number of carboxylic acids is 1. The van der Waals surface area contributed by atoms with E-state index in [2.05, 4.69) is 0 Å². The number of amides is 1. The Bertz CT molecular complexity index is 712. The van der Waals surface area contributed by atoms with Crippen molar-refractivity contribution in [3.8, 4) is 0 Å². The Hall–Kier alpha value is -2.69. The molecule has 0 aromatic heterocycles. The Morgan fingerprint density at radius 2 is 1.81 bits per heavy atom. The van der Waals surface area contributed by atoms with Crippen molar-refractivity contribution in [2.45, 2.75) is 6.92 Å². The average Bonchev–Trinajstić information content (AvgIpc) is 2.48. The molecule has 0 fully saturated rings. The highest BCUT2D eigenvalue weighted by Gasteiger charge is 2.19. The van der Waals surface area contributed by atoms with Gasteiger partial charge in [-0.1, -0.05) is 12.1 Å². The van der Waals surface area contributed by atoms with E-state index in [4.69, 9.17) is 5.11 Å². The van der Waals surface area contributed by atoms with Gasteiger partial charge in [-0.2, -0.15) is 0 Å². The van der Waals surface area contributed by atoms with E-state index in [1.807, 2.05) is 0 Å². The maximum Gasteiger partial charge on any atom is 0.337 e. The van der Waals surface area contributed by atoms with Gasteiger partial charge in [0.15, 0.2) is 0 Å². The van der Waals surface area contributed by atoms with Crippen LogP contribution in [0.2, 0.25) is 0 Å². The monoisotopic (exact) mass is 287 g/mol. The van der Waals surface area contributed by atoms with E-state index in [1.54, 1.807) is 25.1 Å². The molecule has 2 aromatic rings. The highest BCUT2D eigenvalue weighted by Crippen LogP contribution is 2.21. The number of halogens is 1. The molecule has 4 nitrogen and oxygen atoms in total. The zero-order valence-corrected chi connectivity index (χ0v) is 11.6. The summed E-state index contributed by atoms with van der Waals surface area (Å²) >= 11 is 0. The van der Waals surface area contributed by atoms with Crippen LogP contribution in [-0.4, -0.2) is 24.0 Å². The number of carbonyl (C=O) groups is 2. The molecule has 5 heteroatoms. The molecule has 0 saturated heterocycles. The van der Waals surface area contributed by atoms with Crippen LogP contribution in [0.15, 0.2) is 42.5 Å². The lowest BCUT2D eigenvalue weighted by atomic mass is 10.1. The Balaban J connectivity index is 2.40. The molecular weight excluding hydrogens is 273 g/mol. The predicted molar refractivity (Wildman–Crippen MR) is 77.3 cm³/mol. The third kappa shape index (κ3) is 2.91. The fraction of sp³-hybridized carbons (Fsp3) is 0.125. The molecule has 1 amide bonds. The van der Waals surface area contributed by atoms with Crippen LogP contribution >= 0.6 is 0 Å². The minimum absolute atomic E-state index is 0.0344. The summed E-state index contributed by atoms with van der Waals surface area (Å²) in [4.78, 5) is 24.8. The quantitative estimate of drug-likeness (QED) is 0.943. The van der Waals surface area contributed by atoms with Gasteiger partial charge in [-0.25, -0.2) is 9.18 Å². The molecule has 1 N–H and O–H groups in total. The van der Waals surface area contributed by atoms with Crippen LogP contribution < -0.4 is 4.90 Å². The van der Waals surface area contributed by atoms with E-state index in [1.165, 1.54) is 36.2 Å². The summed E-state index contributed by atoms with van der Waals surface area (Å²) in [6, 6.07) is 10.3. The van der Waals surface area contributed by atoms with E-state index in [9.17, 15) is 14.0 Å². The number of rotatable bonds is 3. The number of aryl methyl sites for hydroxylation is 1. The van der Waals surface area contributed by atoms with Gasteiger partial charge >= 0.3 is 5.97 Å². The van der Waals surface area contributed by atoms with Crippen molar-refractivity contribution in [3.63, 3.8) is 0 Å². The van der Waals surface area contributed by atoms with Crippen LogP contribution in [0.5, 0.6) is 0 Å². The van der Waals surface area contributed by atoms with Gasteiger partial charge in [-0.15, -0.1) is 0 Å². The number of aromatic carboxylic acids is 1. The number of hydrogen-bond donors (Lipinski definition) is 1. The molecule has 0 aliphatic heterocycles. The largest absolute Gasteiger partial charge is 0.478 e. The number of anilines is 1.